The summed E-state index contributed by atoms with van der Waals surface area (Å²) in [6.45, 7) is 2.67. The number of rotatable bonds is 3. The van der Waals surface area contributed by atoms with Crippen LogP contribution in [-0.2, 0) is 4.79 Å². The molecule has 4 rings (SSSR count). The van der Waals surface area contributed by atoms with Gasteiger partial charge in [-0.1, -0.05) is 35.6 Å². The van der Waals surface area contributed by atoms with E-state index in [0.717, 1.165) is 10.2 Å². The monoisotopic (exact) mass is 340 g/mol. The average Bonchev–Trinajstić information content (AvgIpc) is 3.05. The fourth-order valence-electron chi connectivity index (χ4n) is 2.68. The van der Waals surface area contributed by atoms with Gasteiger partial charge in [0.1, 0.15) is 6.61 Å². The number of thiazole rings is 1. The molecule has 2 aromatic carbocycles. The van der Waals surface area contributed by atoms with Gasteiger partial charge in [0.25, 0.3) is 5.91 Å². The second-order valence-corrected chi connectivity index (χ2v) is 6.42. The van der Waals surface area contributed by atoms with E-state index < -0.39 is 6.10 Å². The Morgan fingerprint density at radius 3 is 2.75 bits per heavy atom. The zero-order valence-electron chi connectivity index (χ0n) is 13.1. The number of nitrogens with zero attached hydrogens (tertiary/aromatic N) is 2. The summed E-state index contributed by atoms with van der Waals surface area (Å²) in [6, 6.07) is 15.2. The van der Waals surface area contributed by atoms with E-state index in [-0.39, 0.29) is 12.5 Å². The molecule has 1 aliphatic rings. The van der Waals surface area contributed by atoms with E-state index in [1.54, 1.807) is 4.90 Å². The quantitative estimate of drug-likeness (QED) is 0.732. The number of amides is 1. The average molecular weight is 340 g/mol. The van der Waals surface area contributed by atoms with Crippen molar-refractivity contribution in [2.45, 2.75) is 13.0 Å². The molecule has 0 saturated heterocycles. The molecular weight excluding hydrogens is 324 g/mol. The van der Waals surface area contributed by atoms with E-state index in [4.69, 9.17) is 9.47 Å². The van der Waals surface area contributed by atoms with Crippen LogP contribution in [0.5, 0.6) is 11.5 Å². The summed E-state index contributed by atoms with van der Waals surface area (Å²) in [4.78, 5) is 19.1. The van der Waals surface area contributed by atoms with Crippen molar-refractivity contribution < 1.29 is 14.3 Å². The van der Waals surface area contributed by atoms with Gasteiger partial charge in [0.15, 0.2) is 16.6 Å². The Morgan fingerprint density at radius 1 is 1.21 bits per heavy atom. The molecule has 1 aromatic heterocycles. The first-order valence-corrected chi connectivity index (χ1v) is 8.63. The summed E-state index contributed by atoms with van der Waals surface area (Å²) in [5.41, 5.74) is 0.898. The minimum absolute atomic E-state index is 0.133. The normalized spacial score (nSPS) is 16.1. The van der Waals surface area contributed by atoms with Crippen molar-refractivity contribution in [3.05, 3.63) is 48.5 Å². The number of benzene rings is 2. The number of ether oxygens (including phenoxy) is 2. The highest BCUT2D eigenvalue weighted by atomic mass is 32.1. The molecule has 0 fully saturated rings. The van der Waals surface area contributed by atoms with Crippen LogP contribution >= 0.6 is 11.3 Å². The van der Waals surface area contributed by atoms with E-state index in [1.165, 1.54) is 11.3 Å². The molecule has 0 bridgehead atoms. The second kappa shape index (κ2) is 6.13. The molecule has 0 saturated carbocycles. The molecule has 1 unspecified atom stereocenters. The van der Waals surface area contributed by atoms with Crippen LogP contribution in [0.25, 0.3) is 10.2 Å². The number of hydrogen-bond donors (Lipinski definition) is 0. The predicted molar refractivity (Wildman–Crippen MR) is 94.0 cm³/mol. The maximum Gasteiger partial charge on any atom is 0.273 e. The third-order valence-electron chi connectivity index (χ3n) is 3.88. The number of carbonyl (C=O) groups is 1. The van der Waals surface area contributed by atoms with Gasteiger partial charge in [0.05, 0.1) is 10.2 Å². The maximum absolute atomic E-state index is 12.9. The molecule has 0 aliphatic carbocycles. The van der Waals surface area contributed by atoms with Crippen LogP contribution < -0.4 is 14.4 Å². The Hall–Kier alpha value is -2.60. The second-order valence-electron chi connectivity index (χ2n) is 5.41. The Kier molecular flexibility index (Phi) is 3.82. The SMILES string of the molecule is CCN(C(=O)C1COc2ccccc2O1)c1nc2ccccc2s1. The van der Waals surface area contributed by atoms with Gasteiger partial charge in [-0.2, -0.15) is 0 Å². The standard InChI is InChI=1S/C18H16N2O3S/c1-2-20(18-19-12-7-3-6-10-16(12)24-18)17(21)15-11-22-13-8-4-5-9-14(13)23-15/h3-10,15H,2,11H2,1H3. The first-order chi connectivity index (χ1) is 11.8. The molecular formula is C18H16N2O3S. The van der Waals surface area contributed by atoms with E-state index in [0.29, 0.717) is 23.2 Å². The topological polar surface area (TPSA) is 51.7 Å². The maximum atomic E-state index is 12.9. The molecule has 1 amide bonds. The lowest BCUT2D eigenvalue weighted by Gasteiger charge is -2.29. The molecule has 2 heterocycles. The van der Waals surface area contributed by atoms with Gasteiger partial charge in [-0.05, 0) is 31.2 Å². The Morgan fingerprint density at radius 2 is 1.96 bits per heavy atom. The summed E-state index contributed by atoms with van der Waals surface area (Å²) in [6.07, 6.45) is -0.660. The minimum Gasteiger partial charge on any atom is -0.485 e. The summed E-state index contributed by atoms with van der Waals surface area (Å²) >= 11 is 1.51. The number of likely N-dealkylation sites (N-methyl/N-ethyl adjacent to an activating group) is 1. The highest BCUT2D eigenvalue weighted by Crippen LogP contribution is 2.33. The highest BCUT2D eigenvalue weighted by molar-refractivity contribution is 7.22. The fourth-order valence-corrected chi connectivity index (χ4v) is 3.71. The molecule has 1 atom stereocenters. The highest BCUT2D eigenvalue weighted by Gasteiger charge is 2.32. The smallest absolute Gasteiger partial charge is 0.273 e. The van der Waals surface area contributed by atoms with Gasteiger partial charge in [0.2, 0.25) is 6.10 Å². The lowest BCUT2D eigenvalue weighted by Crippen LogP contribution is -2.46. The predicted octanol–water partition coefficient (Wildman–Crippen LogP) is 3.49. The van der Waals surface area contributed by atoms with Crippen molar-refractivity contribution >= 4 is 32.6 Å². The van der Waals surface area contributed by atoms with E-state index >= 15 is 0 Å². The first kappa shape index (κ1) is 15.0. The molecule has 0 spiro atoms. The summed E-state index contributed by atoms with van der Waals surface area (Å²) in [7, 11) is 0. The fraction of sp³-hybridized carbons (Fsp3) is 0.222. The number of hydrogen-bond acceptors (Lipinski definition) is 5. The van der Waals surface area contributed by atoms with Crippen molar-refractivity contribution in [1.29, 1.82) is 0 Å². The molecule has 5 nitrogen and oxygen atoms in total. The van der Waals surface area contributed by atoms with Crippen LogP contribution in [-0.4, -0.2) is 30.1 Å². The van der Waals surface area contributed by atoms with Crippen LogP contribution in [0.2, 0.25) is 0 Å². The van der Waals surface area contributed by atoms with Gasteiger partial charge in [0, 0.05) is 6.54 Å². The van der Waals surface area contributed by atoms with Gasteiger partial charge in [-0.3, -0.25) is 9.69 Å². The van der Waals surface area contributed by atoms with Crippen molar-refractivity contribution in [2.24, 2.45) is 0 Å². The zero-order chi connectivity index (χ0) is 16.5. The van der Waals surface area contributed by atoms with Crippen LogP contribution in [0.4, 0.5) is 5.13 Å². The summed E-state index contributed by atoms with van der Waals surface area (Å²) < 4.78 is 12.5. The first-order valence-electron chi connectivity index (χ1n) is 7.81. The van der Waals surface area contributed by atoms with Crippen LogP contribution in [0.1, 0.15) is 6.92 Å². The van der Waals surface area contributed by atoms with E-state index in [9.17, 15) is 4.79 Å². The lowest BCUT2D eigenvalue weighted by atomic mass is 10.2. The number of carbonyl (C=O) groups excluding carboxylic acids is 1. The number of fused-ring (bicyclic) bond motifs is 2. The number of anilines is 1. The van der Waals surface area contributed by atoms with Crippen LogP contribution in [0.3, 0.4) is 0 Å². The summed E-state index contributed by atoms with van der Waals surface area (Å²) in [5.74, 6) is 1.14. The van der Waals surface area contributed by atoms with Gasteiger partial charge in [-0.25, -0.2) is 4.98 Å². The van der Waals surface area contributed by atoms with Crippen LogP contribution in [0, 0.1) is 0 Å². The Bertz CT molecular complexity index is 860. The minimum atomic E-state index is -0.660. The lowest BCUT2D eigenvalue weighted by molar-refractivity contribution is -0.127. The number of aromatic nitrogens is 1. The largest absolute Gasteiger partial charge is 0.485 e. The molecule has 1 aliphatic heterocycles. The Labute approximate surface area is 143 Å². The van der Waals surface area contributed by atoms with Crippen LogP contribution in [0.15, 0.2) is 48.5 Å². The van der Waals surface area contributed by atoms with Gasteiger partial charge in [-0.15, -0.1) is 0 Å². The molecule has 122 valence electrons. The van der Waals surface area contributed by atoms with Gasteiger partial charge < -0.3 is 9.47 Å². The van der Waals surface area contributed by atoms with Gasteiger partial charge >= 0.3 is 0 Å². The zero-order valence-corrected chi connectivity index (χ0v) is 14.0. The Balaban J connectivity index is 1.60. The molecule has 0 radical (unpaired) electrons. The molecule has 0 N–H and O–H groups in total. The van der Waals surface area contributed by atoms with Crippen molar-refractivity contribution in [2.75, 3.05) is 18.1 Å². The third kappa shape index (κ3) is 2.59. The third-order valence-corrected chi connectivity index (χ3v) is 4.94. The summed E-state index contributed by atoms with van der Waals surface area (Å²) in [5, 5.41) is 0.686. The van der Waals surface area contributed by atoms with Crippen molar-refractivity contribution in [3.8, 4) is 11.5 Å². The van der Waals surface area contributed by atoms with E-state index in [1.807, 2.05) is 55.5 Å². The van der Waals surface area contributed by atoms with E-state index in [2.05, 4.69) is 4.98 Å². The molecule has 3 aromatic rings. The number of para-hydroxylation sites is 3. The molecule has 6 heteroatoms. The van der Waals surface area contributed by atoms with Crippen molar-refractivity contribution in [3.63, 3.8) is 0 Å². The van der Waals surface area contributed by atoms with Crippen molar-refractivity contribution in [1.82, 2.24) is 4.98 Å². The molecule has 24 heavy (non-hydrogen) atoms.